The van der Waals surface area contributed by atoms with Crippen molar-refractivity contribution in [2.75, 3.05) is 6.61 Å². The number of aromatic hydroxyl groups is 1. The van der Waals surface area contributed by atoms with Crippen molar-refractivity contribution in [3.8, 4) is 11.5 Å². The van der Waals surface area contributed by atoms with Crippen molar-refractivity contribution in [3.05, 3.63) is 106 Å². The third-order valence-corrected chi connectivity index (χ3v) is 5.63. The Labute approximate surface area is 215 Å². The van der Waals surface area contributed by atoms with Crippen LogP contribution in [0.5, 0.6) is 11.5 Å². The predicted octanol–water partition coefficient (Wildman–Crippen LogP) is 4.94. The molecular formula is C27H20ClF2N3O4. The Balaban J connectivity index is 1.39. The second-order valence-corrected chi connectivity index (χ2v) is 8.28. The van der Waals surface area contributed by atoms with E-state index in [1.165, 1.54) is 30.5 Å². The van der Waals surface area contributed by atoms with Gasteiger partial charge >= 0.3 is 0 Å². The highest BCUT2D eigenvalue weighted by Crippen LogP contribution is 2.28. The summed E-state index contributed by atoms with van der Waals surface area (Å²) >= 11 is 5.84. The molecule has 0 unspecified atom stereocenters. The van der Waals surface area contributed by atoms with Gasteiger partial charge in [0.15, 0.2) is 18.2 Å². The number of carbonyl (C=O) groups is 2. The molecule has 0 saturated heterocycles. The molecule has 0 saturated carbocycles. The van der Waals surface area contributed by atoms with E-state index in [2.05, 4.69) is 15.8 Å². The van der Waals surface area contributed by atoms with Gasteiger partial charge in [-0.2, -0.15) is 5.10 Å². The minimum atomic E-state index is -0.984. The number of nitrogens with zero attached hydrogens (tertiary/aromatic N) is 1. The zero-order valence-corrected chi connectivity index (χ0v) is 19.9. The monoisotopic (exact) mass is 523 g/mol. The second-order valence-electron chi connectivity index (χ2n) is 7.88. The third kappa shape index (κ3) is 6.39. The van der Waals surface area contributed by atoms with E-state index >= 15 is 0 Å². The average Bonchev–Trinajstić information content (AvgIpc) is 2.90. The molecule has 0 spiro atoms. The summed E-state index contributed by atoms with van der Waals surface area (Å²) in [5.74, 6) is -2.55. The number of rotatable bonds is 8. The summed E-state index contributed by atoms with van der Waals surface area (Å²) in [7, 11) is 0. The smallest absolute Gasteiger partial charge is 0.271 e. The van der Waals surface area contributed by atoms with Gasteiger partial charge in [0.1, 0.15) is 11.5 Å². The lowest BCUT2D eigenvalue weighted by molar-refractivity contribution is -0.123. The van der Waals surface area contributed by atoms with E-state index in [4.69, 9.17) is 16.3 Å². The van der Waals surface area contributed by atoms with E-state index in [9.17, 15) is 23.5 Å². The average molecular weight is 524 g/mol. The van der Waals surface area contributed by atoms with Gasteiger partial charge in [-0.25, -0.2) is 14.2 Å². The third-order valence-electron chi connectivity index (χ3n) is 5.33. The minimum absolute atomic E-state index is 0.0254. The van der Waals surface area contributed by atoms with Crippen molar-refractivity contribution >= 4 is 40.4 Å². The Hall–Kier alpha value is -4.50. The molecule has 10 heteroatoms. The van der Waals surface area contributed by atoms with Crippen LogP contribution in [0.3, 0.4) is 0 Å². The van der Waals surface area contributed by atoms with Crippen LogP contribution in [0.4, 0.5) is 8.78 Å². The number of hydrogen-bond donors (Lipinski definition) is 3. The van der Waals surface area contributed by atoms with Crippen LogP contribution in [-0.4, -0.2) is 29.7 Å². The molecular weight excluding hydrogens is 504 g/mol. The summed E-state index contributed by atoms with van der Waals surface area (Å²) in [5.41, 5.74) is 3.75. The van der Waals surface area contributed by atoms with Crippen LogP contribution in [0.1, 0.15) is 21.5 Å². The zero-order chi connectivity index (χ0) is 26.4. The number of fused-ring (bicyclic) bond motifs is 1. The van der Waals surface area contributed by atoms with Crippen LogP contribution in [0, 0.1) is 11.6 Å². The van der Waals surface area contributed by atoms with Crippen molar-refractivity contribution in [3.63, 3.8) is 0 Å². The van der Waals surface area contributed by atoms with Gasteiger partial charge in [0.25, 0.3) is 11.8 Å². The molecule has 3 N–H and O–H groups in total. The summed E-state index contributed by atoms with van der Waals surface area (Å²) in [4.78, 5) is 24.5. The second kappa shape index (κ2) is 11.5. The quantitative estimate of drug-likeness (QED) is 0.225. The standard InChI is InChI=1S/C27H20ClF2N3O4/c28-21-12-17(6-9-24(21)34)27(36)33-32-14-18-7-10-25(20-4-2-1-3-19(18)20)37-15-26(35)31-13-16-5-8-22(29)23(30)11-16/h1-12,14,34H,13,15H2,(H,31,35)(H,33,36)/b32-14+. The van der Waals surface area contributed by atoms with Gasteiger partial charge in [-0.1, -0.05) is 41.9 Å². The van der Waals surface area contributed by atoms with Crippen LogP contribution in [0.15, 0.2) is 77.9 Å². The fourth-order valence-electron chi connectivity index (χ4n) is 3.45. The summed E-state index contributed by atoms with van der Waals surface area (Å²) in [5, 5.41) is 17.6. The van der Waals surface area contributed by atoms with Crippen molar-refractivity contribution < 1.29 is 28.2 Å². The normalized spacial score (nSPS) is 11.0. The summed E-state index contributed by atoms with van der Waals surface area (Å²) < 4.78 is 32.1. The number of halogens is 3. The molecule has 0 radical (unpaired) electrons. The SMILES string of the molecule is O=C(COc1ccc(/C=N/NC(=O)c2ccc(O)c(Cl)c2)c2ccccc12)NCc1ccc(F)c(F)c1. The van der Waals surface area contributed by atoms with E-state index in [0.29, 0.717) is 16.9 Å². The van der Waals surface area contributed by atoms with Gasteiger partial charge in [0, 0.05) is 23.1 Å². The fourth-order valence-corrected chi connectivity index (χ4v) is 3.63. The van der Waals surface area contributed by atoms with Gasteiger partial charge in [-0.05, 0) is 53.4 Å². The highest BCUT2D eigenvalue weighted by atomic mass is 35.5. The number of nitrogens with one attached hydrogen (secondary N) is 2. The highest BCUT2D eigenvalue weighted by molar-refractivity contribution is 6.32. The van der Waals surface area contributed by atoms with Crippen molar-refractivity contribution in [2.24, 2.45) is 5.10 Å². The molecule has 7 nitrogen and oxygen atoms in total. The van der Waals surface area contributed by atoms with Gasteiger partial charge in [-0.15, -0.1) is 0 Å². The number of phenols is 1. The first-order valence-corrected chi connectivity index (χ1v) is 11.4. The van der Waals surface area contributed by atoms with E-state index in [0.717, 1.165) is 22.9 Å². The molecule has 0 fully saturated rings. The van der Waals surface area contributed by atoms with E-state index < -0.39 is 23.4 Å². The maximum atomic E-state index is 13.3. The lowest BCUT2D eigenvalue weighted by Crippen LogP contribution is -2.28. The molecule has 0 aliphatic rings. The Morgan fingerprint density at radius 3 is 2.51 bits per heavy atom. The fraction of sp³-hybridized carbons (Fsp3) is 0.0741. The topological polar surface area (TPSA) is 100 Å². The number of benzene rings is 4. The molecule has 0 aromatic heterocycles. The zero-order valence-electron chi connectivity index (χ0n) is 19.2. The number of phenolic OH excluding ortho intramolecular Hbond substituents is 1. The van der Waals surface area contributed by atoms with Gasteiger partial charge < -0.3 is 15.2 Å². The summed E-state index contributed by atoms with van der Waals surface area (Å²) in [6.07, 6.45) is 1.47. The number of carbonyl (C=O) groups excluding carboxylic acids is 2. The van der Waals surface area contributed by atoms with Crippen molar-refractivity contribution in [1.29, 1.82) is 0 Å². The number of hydrogen-bond acceptors (Lipinski definition) is 5. The highest BCUT2D eigenvalue weighted by Gasteiger charge is 2.10. The lowest BCUT2D eigenvalue weighted by Gasteiger charge is -2.11. The van der Waals surface area contributed by atoms with Crippen LogP contribution in [0.25, 0.3) is 10.8 Å². The molecule has 4 rings (SSSR count). The first-order chi connectivity index (χ1) is 17.8. The maximum Gasteiger partial charge on any atom is 0.271 e. The predicted molar refractivity (Wildman–Crippen MR) is 136 cm³/mol. The molecule has 0 atom stereocenters. The molecule has 0 aliphatic carbocycles. The van der Waals surface area contributed by atoms with Gasteiger partial charge in [-0.3, -0.25) is 9.59 Å². The van der Waals surface area contributed by atoms with Crippen LogP contribution < -0.4 is 15.5 Å². The summed E-state index contributed by atoms with van der Waals surface area (Å²) in [6.45, 7) is -0.260. The molecule has 0 heterocycles. The Kier molecular flexibility index (Phi) is 7.95. The number of hydrazone groups is 1. The molecule has 37 heavy (non-hydrogen) atoms. The minimum Gasteiger partial charge on any atom is -0.506 e. The first-order valence-electron chi connectivity index (χ1n) is 11.0. The van der Waals surface area contributed by atoms with Crippen LogP contribution in [0.2, 0.25) is 5.02 Å². The Bertz CT molecular complexity index is 1510. The lowest BCUT2D eigenvalue weighted by atomic mass is 10.0. The van der Waals surface area contributed by atoms with E-state index in [1.807, 2.05) is 24.3 Å². The Morgan fingerprint density at radius 2 is 1.76 bits per heavy atom. The van der Waals surface area contributed by atoms with E-state index in [-0.39, 0.29) is 29.5 Å². The molecule has 0 aliphatic heterocycles. The number of amides is 2. The molecule has 188 valence electrons. The first kappa shape index (κ1) is 25.6. The van der Waals surface area contributed by atoms with Gasteiger partial charge in [0.2, 0.25) is 0 Å². The van der Waals surface area contributed by atoms with Gasteiger partial charge in [0.05, 0.1) is 11.2 Å². The van der Waals surface area contributed by atoms with Crippen molar-refractivity contribution in [2.45, 2.75) is 6.54 Å². The number of ether oxygens (including phenoxy) is 1. The van der Waals surface area contributed by atoms with E-state index in [1.54, 1.807) is 12.1 Å². The van der Waals surface area contributed by atoms with Crippen LogP contribution in [-0.2, 0) is 11.3 Å². The Morgan fingerprint density at radius 1 is 0.973 bits per heavy atom. The molecule has 4 aromatic carbocycles. The maximum absolute atomic E-state index is 13.3. The summed E-state index contributed by atoms with van der Waals surface area (Å²) in [6, 6.07) is 18.2. The molecule has 0 bridgehead atoms. The molecule has 4 aromatic rings. The largest absolute Gasteiger partial charge is 0.506 e. The molecule has 2 amide bonds. The van der Waals surface area contributed by atoms with Crippen LogP contribution >= 0.6 is 11.6 Å². The van der Waals surface area contributed by atoms with Crippen molar-refractivity contribution in [1.82, 2.24) is 10.7 Å².